The lowest BCUT2D eigenvalue weighted by atomic mass is 9.62. The summed E-state index contributed by atoms with van der Waals surface area (Å²) in [6.45, 7) is 7.44. The van der Waals surface area contributed by atoms with Crippen molar-refractivity contribution >= 4 is 5.97 Å². The summed E-state index contributed by atoms with van der Waals surface area (Å²) in [5, 5.41) is 0. The number of carbonyl (C=O) groups is 1. The topological polar surface area (TPSA) is 26.3 Å². The van der Waals surface area contributed by atoms with Crippen molar-refractivity contribution in [3.63, 3.8) is 0 Å². The SMILES string of the molecule is CCCCC[C@H]1CC[C@H](CCC2(C(=O)OCCC)CCC(C3CCC(C)CC3)CC2)CC1. The molecule has 3 saturated carbocycles. The molecule has 0 heterocycles. The van der Waals surface area contributed by atoms with Gasteiger partial charge in [0.1, 0.15) is 0 Å². The lowest BCUT2D eigenvalue weighted by Gasteiger charge is -2.43. The Hall–Kier alpha value is -0.530. The summed E-state index contributed by atoms with van der Waals surface area (Å²) in [5.74, 6) is 4.72. The van der Waals surface area contributed by atoms with Gasteiger partial charge in [-0.05, 0) is 87.4 Å². The zero-order chi connectivity index (χ0) is 22.8. The molecule has 3 fully saturated rings. The first-order chi connectivity index (χ1) is 15.6. The fraction of sp³-hybridized carbons (Fsp3) is 0.967. The van der Waals surface area contributed by atoms with Crippen molar-refractivity contribution in [2.45, 2.75) is 143 Å². The molecule has 2 heteroatoms. The lowest BCUT2D eigenvalue weighted by Crippen LogP contribution is -2.39. The van der Waals surface area contributed by atoms with Gasteiger partial charge < -0.3 is 4.74 Å². The Morgan fingerprint density at radius 2 is 1.34 bits per heavy atom. The summed E-state index contributed by atoms with van der Waals surface area (Å²) >= 11 is 0. The third-order valence-electron chi connectivity index (χ3n) is 9.80. The van der Waals surface area contributed by atoms with Gasteiger partial charge in [-0.15, -0.1) is 0 Å². The summed E-state index contributed by atoms with van der Waals surface area (Å²) in [4.78, 5) is 13.3. The molecule has 0 radical (unpaired) electrons. The van der Waals surface area contributed by atoms with E-state index in [0.29, 0.717) is 6.61 Å². The number of unbranched alkanes of at least 4 members (excludes halogenated alkanes) is 2. The normalized spacial score (nSPS) is 36.0. The van der Waals surface area contributed by atoms with Crippen molar-refractivity contribution in [3.05, 3.63) is 0 Å². The number of ether oxygens (including phenoxy) is 1. The van der Waals surface area contributed by atoms with Crippen LogP contribution in [0.5, 0.6) is 0 Å². The van der Waals surface area contributed by atoms with E-state index in [1.54, 1.807) is 0 Å². The number of hydrogen-bond acceptors (Lipinski definition) is 2. The van der Waals surface area contributed by atoms with Crippen LogP contribution in [0.3, 0.4) is 0 Å². The van der Waals surface area contributed by atoms with Gasteiger partial charge >= 0.3 is 5.97 Å². The quantitative estimate of drug-likeness (QED) is 0.233. The molecule has 0 N–H and O–H groups in total. The first kappa shape index (κ1) is 26.1. The van der Waals surface area contributed by atoms with Gasteiger partial charge in [-0.3, -0.25) is 4.79 Å². The second kappa shape index (κ2) is 13.4. The van der Waals surface area contributed by atoms with Gasteiger partial charge in [-0.1, -0.05) is 85.0 Å². The summed E-state index contributed by atoms with van der Waals surface area (Å²) in [6.07, 6.45) is 25.0. The molecule has 0 aromatic rings. The second-order valence-corrected chi connectivity index (χ2v) is 12.2. The summed E-state index contributed by atoms with van der Waals surface area (Å²) < 4.78 is 5.80. The largest absolute Gasteiger partial charge is 0.465 e. The van der Waals surface area contributed by atoms with Crippen LogP contribution >= 0.6 is 0 Å². The highest BCUT2D eigenvalue weighted by atomic mass is 16.5. The average molecular weight is 447 g/mol. The minimum absolute atomic E-state index is 0.156. The molecule has 32 heavy (non-hydrogen) atoms. The smallest absolute Gasteiger partial charge is 0.312 e. The first-order valence-corrected chi connectivity index (χ1v) is 14.7. The summed E-state index contributed by atoms with van der Waals surface area (Å²) in [7, 11) is 0. The lowest BCUT2D eigenvalue weighted by molar-refractivity contribution is -0.160. The molecule has 3 aliphatic carbocycles. The molecule has 3 aliphatic rings. The van der Waals surface area contributed by atoms with Crippen LogP contribution in [0.25, 0.3) is 0 Å². The van der Waals surface area contributed by atoms with Crippen LogP contribution in [-0.4, -0.2) is 12.6 Å². The highest BCUT2D eigenvalue weighted by Gasteiger charge is 2.44. The van der Waals surface area contributed by atoms with Crippen LogP contribution in [0.1, 0.15) is 143 Å². The van der Waals surface area contributed by atoms with Crippen LogP contribution in [0.15, 0.2) is 0 Å². The molecular weight excluding hydrogens is 392 g/mol. The van der Waals surface area contributed by atoms with Crippen LogP contribution in [0.2, 0.25) is 0 Å². The Kier molecular flexibility index (Phi) is 10.9. The van der Waals surface area contributed by atoms with Crippen LogP contribution < -0.4 is 0 Å². The van der Waals surface area contributed by atoms with Crippen molar-refractivity contribution in [2.24, 2.45) is 35.0 Å². The van der Waals surface area contributed by atoms with E-state index in [2.05, 4.69) is 20.8 Å². The molecule has 0 aliphatic heterocycles. The zero-order valence-electron chi connectivity index (χ0n) is 21.8. The molecule has 0 saturated heterocycles. The predicted molar refractivity (Wildman–Crippen MR) is 136 cm³/mol. The molecule has 0 amide bonds. The maximum absolute atomic E-state index is 13.3. The van der Waals surface area contributed by atoms with Crippen molar-refractivity contribution in [3.8, 4) is 0 Å². The number of esters is 1. The Labute approximate surface area is 200 Å². The number of rotatable bonds is 11. The molecule has 0 aromatic heterocycles. The van der Waals surface area contributed by atoms with E-state index in [0.717, 1.165) is 55.3 Å². The van der Waals surface area contributed by atoms with Gasteiger partial charge in [0, 0.05) is 0 Å². The third kappa shape index (κ3) is 7.49. The molecule has 0 aromatic carbocycles. The van der Waals surface area contributed by atoms with Gasteiger partial charge in [0.05, 0.1) is 12.0 Å². The van der Waals surface area contributed by atoms with Gasteiger partial charge in [-0.25, -0.2) is 0 Å². The van der Waals surface area contributed by atoms with Crippen LogP contribution in [-0.2, 0) is 9.53 Å². The highest BCUT2D eigenvalue weighted by molar-refractivity contribution is 5.77. The van der Waals surface area contributed by atoms with Crippen LogP contribution in [0, 0.1) is 35.0 Å². The second-order valence-electron chi connectivity index (χ2n) is 12.2. The van der Waals surface area contributed by atoms with E-state index in [9.17, 15) is 4.79 Å². The molecule has 2 nitrogen and oxygen atoms in total. The Bertz CT molecular complexity index is 517. The first-order valence-electron chi connectivity index (χ1n) is 14.7. The fourth-order valence-corrected chi connectivity index (χ4v) is 7.30. The molecule has 186 valence electrons. The van der Waals surface area contributed by atoms with E-state index in [-0.39, 0.29) is 11.4 Å². The van der Waals surface area contributed by atoms with Crippen molar-refractivity contribution in [1.82, 2.24) is 0 Å². The Morgan fingerprint density at radius 1 is 0.750 bits per heavy atom. The average Bonchev–Trinajstić information content (AvgIpc) is 2.83. The third-order valence-corrected chi connectivity index (χ3v) is 9.80. The predicted octanol–water partition coefficient (Wildman–Crippen LogP) is 9.11. The monoisotopic (exact) mass is 446 g/mol. The number of hydrogen-bond donors (Lipinski definition) is 0. The van der Waals surface area contributed by atoms with Gasteiger partial charge in [0.2, 0.25) is 0 Å². The highest BCUT2D eigenvalue weighted by Crippen LogP contribution is 2.49. The zero-order valence-corrected chi connectivity index (χ0v) is 21.8. The summed E-state index contributed by atoms with van der Waals surface area (Å²) in [6, 6.07) is 0. The van der Waals surface area contributed by atoms with E-state index < -0.39 is 0 Å². The minimum Gasteiger partial charge on any atom is -0.465 e. The molecular formula is C30H54O2. The van der Waals surface area contributed by atoms with Crippen molar-refractivity contribution in [2.75, 3.05) is 6.61 Å². The number of carbonyl (C=O) groups excluding carboxylic acids is 1. The van der Waals surface area contributed by atoms with Gasteiger partial charge in [0.25, 0.3) is 0 Å². The van der Waals surface area contributed by atoms with Crippen molar-refractivity contribution in [1.29, 1.82) is 0 Å². The molecule has 0 bridgehead atoms. The van der Waals surface area contributed by atoms with Crippen molar-refractivity contribution < 1.29 is 9.53 Å². The van der Waals surface area contributed by atoms with Gasteiger partial charge in [-0.2, -0.15) is 0 Å². The van der Waals surface area contributed by atoms with E-state index >= 15 is 0 Å². The van der Waals surface area contributed by atoms with E-state index in [1.807, 2.05) is 0 Å². The van der Waals surface area contributed by atoms with E-state index in [4.69, 9.17) is 4.74 Å². The molecule has 0 atom stereocenters. The minimum atomic E-state index is -0.161. The van der Waals surface area contributed by atoms with Crippen LogP contribution in [0.4, 0.5) is 0 Å². The Balaban J connectivity index is 1.49. The fourth-order valence-electron chi connectivity index (χ4n) is 7.30. The van der Waals surface area contributed by atoms with Gasteiger partial charge in [0.15, 0.2) is 0 Å². The maximum atomic E-state index is 13.3. The molecule has 0 spiro atoms. The standard InChI is InChI=1S/C30H54O2/c1-4-6-7-8-25-11-13-26(14-12-25)17-20-30(29(31)32-23-5-2)21-18-28(19-22-30)27-15-9-24(3)10-16-27/h24-28H,4-23H2,1-3H3/t24?,25-,26-,27?,28?,30?. The van der Waals surface area contributed by atoms with E-state index in [1.165, 1.54) is 96.3 Å². The summed E-state index contributed by atoms with van der Waals surface area (Å²) in [5.41, 5.74) is -0.161. The molecule has 3 rings (SSSR count). The Morgan fingerprint density at radius 3 is 1.94 bits per heavy atom. The molecule has 0 unspecified atom stereocenters. The maximum Gasteiger partial charge on any atom is 0.312 e.